The second-order valence-electron chi connectivity index (χ2n) is 7.84. The van der Waals surface area contributed by atoms with Crippen molar-refractivity contribution in [2.24, 2.45) is 20.6 Å². The summed E-state index contributed by atoms with van der Waals surface area (Å²) in [5, 5.41) is 17.1. The Morgan fingerprint density at radius 3 is 0.737 bits per heavy atom. The Balaban J connectivity index is 1.53. The van der Waals surface area contributed by atoms with Crippen LogP contribution in [0, 0.1) is 0 Å². The van der Waals surface area contributed by atoms with Gasteiger partial charge in [-0.05, 0) is 0 Å². The molecule has 0 atom stereocenters. The molecule has 0 N–H and O–H groups in total. The molecular formula is C28H20B2N4O4-2. The number of rotatable bonds is 4. The summed E-state index contributed by atoms with van der Waals surface area (Å²) in [6.07, 6.45) is 0. The second kappa shape index (κ2) is 12.7. The molecule has 0 unspecified atom stereocenters. The average molecular weight is 498 g/mol. The number of hydrogen-bond acceptors (Lipinski definition) is 8. The first-order valence-corrected chi connectivity index (χ1v) is 11.7. The molecule has 4 radical (unpaired) electrons. The van der Waals surface area contributed by atoms with E-state index in [-0.39, 0.29) is 0 Å². The highest BCUT2D eigenvalue weighted by atomic mass is 16.7. The van der Waals surface area contributed by atoms with Crippen molar-refractivity contribution in [3.05, 3.63) is 144 Å². The van der Waals surface area contributed by atoms with Gasteiger partial charge in [0.1, 0.15) is 22.8 Å². The van der Waals surface area contributed by atoms with Gasteiger partial charge in [0.25, 0.3) is 0 Å². The normalized spacial score (nSPS) is 20.0. The summed E-state index contributed by atoms with van der Waals surface area (Å²) in [5.41, 5.74) is 4.61. The quantitative estimate of drug-likeness (QED) is 0.380. The van der Waals surface area contributed by atoms with Crippen molar-refractivity contribution in [2.75, 3.05) is 0 Å². The van der Waals surface area contributed by atoms with E-state index in [1.807, 2.05) is 121 Å². The van der Waals surface area contributed by atoms with Crippen molar-refractivity contribution in [3.63, 3.8) is 0 Å². The van der Waals surface area contributed by atoms with Gasteiger partial charge in [0.2, 0.25) is 15.4 Å². The highest BCUT2D eigenvalue weighted by Crippen LogP contribution is 2.14. The predicted octanol–water partition coefficient (Wildman–Crippen LogP) is 4.75. The topological polar surface area (TPSA) is 86.4 Å². The van der Waals surface area contributed by atoms with Crippen LogP contribution in [0.4, 0.5) is 0 Å². The van der Waals surface area contributed by atoms with Crippen LogP contribution in [0.3, 0.4) is 0 Å². The maximum atomic E-state index is 5.44. The van der Waals surface area contributed by atoms with Crippen LogP contribution in [0.5, 0.6) is 0 Å². The summed E-state index contributed by atoms with van der Waals surface area (Å²) in [5.74, 6) is 0. The lowest BCUT2D eigenvalue weighted by molar-refractivity contribution is 0.235. The fourth-order valence-electron chi connectivity index (χ4n) is 3.65. The molecule has 0 aromatic heterocycles. The van der Waals surface area contributed by atoms with E-state index in [9.17, 15) is 0 Å². The summed E-state index contributed by atoms with van der Waals surface area (Å²) in [7, 11) is 2.05. The third-order valence-electron chi connectivity index (χ3n) is 5.39. The summed E-state index contributed by atoms with van der Waals surface area (Å²) < 4.78 is 21.8. The van der Waals surface area contributed by atoms with Crippen molar-refractivity contribution in [3.8, 4) is 0 Å². The van der Waals surface area contributed by atoms with Gasteiger partial charge >= 0.3 is 0 Å². The number of oxime groups is 4. The zero-order chi connectivity index (χ0) is 25.8. The van der Waals surface area contributed by atoms with Gasteiger partial charge < -0.3 is 19.0 Å². The lowest BCUT2D eigenvalue weighted by Crippen LogP contribution is -2.21. The molecule has 0 saturated heterocycles. The molecule has 38 heavy (non-hydrogen) atoms. The van der Waals surface area contributed by atoms with Gasteiger partial charge in [-0.2, -0.15) is 0 Å². The van der Waals surface area contributed by atoms with Crippen molar-refractivity contribution in [1.82, 2.24) is 0 Å². The van der Waals surface area contributed by atoms with Crippen LogP contribution in [0.25, 0.3) is 0 Å². The van der Waals surface area contributed by atoms with E-state index in [1.165, 1.54) is 0 Å². The molecule has 5 rings (SSSR count). The lowest BCUT2D eigenvalue weighted by atomic mass is 10.00. The molecule has 0 bridgehead atoms. The number of hydrogen-bond donors (Lipinski definition) is 0. The summed E-state index contributed by atoms with van der Waals surface area (Å²) >= 11 is 0. The monoisotopic (exact) mass is 498 g/mol. The third kappa shape index (κ3) is 6.17. The zero-order valence-corrected chi connectivity index (χ0v) is 20.1. The molecule has 1 aliphatic rings. The van der Waals surface area contributed by atoms with Crippen LogP contribution in [0.2, 0.25) is 0 Å². The van der Waals surface area contributed by atoms with Gasteiger partial charge in [0, 0.05) is 22.3 Å². The van der Waals surface area contributed by atoms with Gasteiger partial charge in [0.15, 0.2) is 0 Å². The van der Waals surface area contributed by atoms with E-state index >= 15 is 0 Å². The number of nitrogens with zero attached hydrogens (tertiary/aromatic N) is 4. The fraction of sp³-hybridized carbons (Fsp3) is 0. The van der Waals surface area contributed by atoms with Crippen molar-refractivity contribution in [1.29, 1.82) is 0 Å². The van der Waals surface area contributed by atoms with Crippen molar-refractivity contribution < 1.29 is 19.0 Å². The molecule has 0 saturated carbocycles. The van der Waals surface area contributed by atoms with Crippen molar-refractivity contribution >= 4 is 38.2 Å². The maximum Gasteiger partial charge on any atom is 0.219 e. The minimum absolute atomic E-state index is 0.405. The second-order valence-corrected chi connectivity index (χ2v) is 7.84. The molecule has 4 aromatic rings. The minimum Gasteiger partial charge on any atom is -0.633 e. The molecule has 4 aromatic carbocycles. The molecule has 0 aliphatic carbocycles. The van der Waals surface area contributed by atoms with E-state index in [4.69, 9.17) is 19.0 Å². The Morgan fingerprint density at radius 2 is 0.526 bits per heavy atom. The largest absolute Gasteiger partial charge is 0.633 e. The Hall–Kier alpha value is -5.11. The Kier molecular flexibility index (Phi) is 8.23. The molecule has 0 amide bonds. The predicted molar refractivity (Wildman–Crippen MR) is 148 cm³/mol. The smallest absolute Gasteiger partial charge is 0.219 e. The maximum absolute atomic E-state index is 5.44. The standard InChI is InChI=1S/C28H20B2N4O4/c1-5-13-21(14-6-1)25-26(22-15-7-2-8-16-22)32-36-30-38-34-28(24-19-11-4-12-20-24)27(33-37-29-35-31-25)23-17-9-3-10-18-23/h1-20H/q-2/b31-25-,32-26+,33-27+,34-28-. The van der Waals surface area contributed by atoms with E-state index in [2.05, 4.69) is 20.6 Å². The van der Waals surface area contributed by atoms with Gasteiger partial charge in [-0.25, -0.2) is 0 Å². The van der Waals surface area contributed by atoms with Crippen LogP contribution in [0.15, 0.2) is 142 Å². The first-order chi connectivity index (χ1) is 18.9. The summed E-state index contributed by atoms with van der Waals surface area (Å²) in [4.78, 5) is 0. The average Bonchev–Trinajstić information content (AvgIpc) is 2.99. The van der Waals surface area contributed by atoms with Crippen LogP contribution in [0.1, 0.15) is 22.3 Å². The van der Waals surface area contributed by atoms with E-state index in [1.54, 1.807) is 0 Å². The zero-order valence-electron chi connectivity index (χ0n) is 20.1. The highest BCUT2D eigenvalue weighted by molar-refractivity contribution is 6.54. The molecule has 0 spiro atoms. The van der Waals surface area contributed by atoms with Crippen LogP contribution in [-0.2, 0) is 19.0 Å². The van der Waals surface area contributed by atoms with E-state index in [0.29, 0.717) is 22.8 Å². The third-order valence-corrected chi connectivity index (χ3v) is 5.39. The Morgan fingerprint density at radius 1 is 0.316 bits per heavy atom. The van der Waals surface area contributed by atoms with E-state index in [0.717, 1.165) is 37.6 Å². The van der Waals surface area contributed by atoms with Gasteiger partial charge in [-0.1, -0.05) is 121 Å². The molecule has 1 heterocycles. The molecule has 1 aliphatic heterocycles. The minimum atomic E-state index is 0.405. The fourth-order valence-corrected chi connectivity index (χ4v) is 3.65. The first kappa shape index (κ1) is 24.6. The highest BCUT2D eigenvalue weighted by Gasteiger charge is 2.17. The Labute approximate surface area is 221 Å². The first-order valence-electron chi connectivity index (χ1n) is 11.7. The van der Waals surface area contributed by atoms with E-state index < -0.39 is 0 Å². The van der Waals surface area contributed by atoms with Crippen LogP contribution >= 0.6 is 0 Å². The number of benzene rings is 4. The van der Waals surface area contributed by atoms with Gasteiger partial charge in [-0.3, -0.25) is 0 Å². The lowest BCUT2D eigenvalue weighted by Gasteiger charge is -2.21. The SMILES string of the molecule is [B-]1O/N=C(c2ccccc2)\C(c2ccccc2)=N\O[B-]O/N=C(c2ccccc2)\C(c2ccccc2)=N\O1. The molecule has 8 nitrogen and oxygen atoms in total. The van der Waals surface area contributed by atoms with Gasteiger partial charge in [0.05, 0.1) is 0 Å². The summed E-state index contributed by atoms with van der Waals surface area (Å²) in [6.45, 7) is 0. The summed E-state index contributed by atoms with van der Waals surface area (Å²) in [6, 6.07) is 37.8. The van der Waals surface area contributed by atoms with Crippen LogP contribution in [-0.4, -0.2) is 38.2 Å². The molecule has 10 heteroatoms. The molecule has 184 valence electrons. The Bertz CT molecular complexity index is 1230. The molecular weight excluding hydrogens is 478 g/mol. The van der Waals surface area contributed by atoms with Gasteiger partial charge in [-0.15, -0.1) is 20.6 Å². The van der Waals surface area contributed by atoms with Crippen molar-refractivity contribution in [2.45, 2.75) is 0 Å². The molecule has 0 fully saturated rings. The van der Waals surface area contributed by atoms with Crippen LogP contribution < -0.4 is 0 Å².